The number of hydrogen-bond donors (Lipinski definition) is 4. The van der Waals surface area contributed by atoms with Gasteiger partial charge in [0, 0.05) is 24.9 Å². The number of aliphatic hydroxyl groups is 2. The Morgan fingerprint density at radius 3 is 1.29 bits per heavy atom. The molecule has 2 aliphatic heterocycles. The van der Waals surface area contributed by atoms with Gasteiger partial charge in [0.25, 0.3) is 0 Å². The Balaban J connectivity index is 1.20. The molecule has 8 heteroatoms. The average Bonchev–Trinajstić information content (AvgIpc) is 3.61. The van der Waals surface area contributed by atoms with Crippen molar-refractivity contribution in [2.24, 2.45) is 11.8 Å². The molecule has 4 atom stereocenters. The van der Waals surface area contributed by atoms with Gasteiger partial charge in [-0.3, -0.25) is 13.6 Å². The van der Waals surface area contributed by atoms with Crippen LogP contribution in [0.3, 0.4) is 0 Å². The summed E-state index contributed by atoms with van der Waals surface area (Å²) in [5.74, 6) is -3.82. The van der Waals surface area contributed by atoms with E-state index in [2.05, 4.69) is 73.0 Å². The van der Waals surface area contributed by atoms with E-state index in [9.17, 15) is 14.8 Å². The monoisotopic (exact) mass is 684 g/mol. The van der Waals surface area contributed by atoms with Crippen molar-refractivity contribution < 1.29 is 23.8 Å². The zero-order valence-corrected chi connectivity index (χ0v) is 30.9. The molecular formula is C40H65N2O5P. The van der Waals surface area contributed by atoms with Crippen LogP contribution in [-0.4, -0.2) is 48.0 Å². The van der Waals surface area contributed by atoms with Gasteiger partial charge in [-0.05, 0) is 60.8 Å². The summed E-state index contributed by atoms with van der Waals surface area (Å²) in [6.45, 7) is 5.94. The van der Waals surface area contributed by atoms with Crippen molar-refractivity contribution in [3.8, 4) is 0 Å². The quantitative estimate of drug-likeness (QED) is 0.0502. The van der Waals surface area contributed by atoms with Crippen molar-refractivity contribution in [2.45, 2.75) is 141 Å². The van der Waals surface area contributed by atoms with E-state index in [1.165, 1.54) is 101 Å². The van der Waals surface area contributed by atoms with Gasteiger partial charge in [-0.1, -0.05) is 139 Å². The minimum Gasteiger partial charge on any atom is -0.364 e. The lowest BCUT2D eigenvalue weighted by Crippen LogP contribution is -2.43. The van der Waals surface area contributed by atoms with Crippen LogP contribution in [-0.2, 0) is 39.3 Å². The van der Waals surface area contributed by atoms with E-state index in [4.69, 9.17) is 9.05 Å². The number of hydrogen-bond acceptors (Lipinski definition) is 7. The molecule has 270 valence electrons. The average molecular weight is 685 g/mol. The van der Waals surface area contributed by atoms with Crippen molar-refractivity contribution in [3.63, 3.8) is 0 Å². The van der Waals surface area contributed by atoms with Crippen LogP contribution in [0.4, 0.5) is 0 Å². The molecular weight excluding hydrogens is 619 g/mol. The zero-order chi connectivity index (χ0) is 34.1. The molecule has 0 aliphatic carbocycles. The third-order valence-electron chi connectivity index (χ3n) is 10.5. The molecule has 0 bridgehead atoms. The standard InChI is InChI=1S/C40H65N2O5P/c1-3-5-7-9-11-13-15-17-33-19-23-35(24-20-33)27-37-29-41-31-39(37,43)46-48(45)47-40(44)32-42-30-38(40)28-36-25-21-34(22-26-36)18-16-14-12-10-8-6-4-2/h19-26,37-38,41-44,48H,3-18,27-32H2,1-2H3. The van der Waals surface area contributed by atoms with Gasteiger partial charge in [0.1, 0.15) is 0 Å². The van der Waals surface area contributed by atoms with Crippen LogP contribution >= 0.6 is 8.25 Å². The van der Waals surface area contributed by atoms with Gasteiger partial charge in [0.2, 0.25) is 0 Å². The molecule has 2 fully saturated rings. The number of β-amino-alcohol motifs (C(OH)–C–C–N with tert-alkyl or cyclic N) is 2. The molecule has 2 aromatic carbocycles. The predicted molar refractivity (Wildman–Crippen MR) is 197 cm³/mol. The summed E-state index contributed by atoms with van der Waals surface area (Å²) in [5, 5.41) is 29.3. The van der Waals surface area contributed by atoms with Crippen molar-refractivity contribution in [2.75, 3.05) is 26.2 Å². The Labute approximate surface area is 291 Å². The lowest BCUT2D eigenvalue weighted by molar-refractivity contribution is -0.185. The number of rotatable bonds is 24. The van der Waals surface area contributed by atoms with Crippen molar-refractivity contribution in [1.29, 1.82) is 0 Å². The second-order valence-corrected chi connectivity index (χ2v) is 15.5. The molecule has 0 amide bonds. The fraction of sp³-hybridized carbons (Fsp3) is 0.700. The van der Waals surface area contributed by atoms with E-state index in [0.29, 0.717) is 25.9 Å². The predicted octanol–water partition coefficient (Wildman–Crippen LogP) is 8.30. The van der Waals surface area contributed by atoms with Gasteiger partial charge < -0.3 is 20.8 Å². The van der Waals surface area contributed by atoms with Crippen LogP contribution in [0.25, 0.3) is 0 Å². The molecule has 7 nitrogen and oxygen atoms in total. The maximum Gasteiger partial charge on any atom is 0.324 e. The van der Waals surface area contributed by atoms with E-state index >= 15 is 0 Å². The summed E-state index contributed by atoms with van der Waals surface area (Å²) in [4.78, 5) is 0. The molecule has 0 aromatic heterocycles. The highest BCUT2D eigenvalue weighted by Crippen LogP contribution is 2.43. The van der Waals surface area contributed by atoms with Crippen LogP contribution in [0.5, 0.6) is 0 Å². The Morgan fingerprint density at radius 2 is 0.917 bits per heavy atom. The first-order valence-electron chi connectivity index (χ1n) is 19.3. The Morgan fingerprint density at radius 1 is 0.583 bits per heavy atom. The second-order valence-electron chi connectivity index (χ2n) is 14.6. The highest BCUT2D eigenvalue weighted by molar-refractivity contribution is 7.33. The minimum atomic E-state index is -3.20. The molecule has 2 saturated heterocycles. The Hall–Kier alpha value is -1.57. The highest BCUT2D eigenvalue weighted by atomic mass is 31.1. The van der Waals surface area contributed by atoms with Crippen molar-refractivity contribution in [3.05, 3.63) is 70.8 Å². The SMILES string of the molecule is CCCCCCCCCc1ccc(CC2CNCC2(O)O[PH](=O)OC2(O)CNCC2Cc2ccc(CCCCCCCCC)cc2)cc1. The lowest BCUT2D eigenvalue weighted by atomic mass is 9.93. The van der Waals surface area contributed by atoms with Gasteiger partial charge in [-0.2, -0.15) is 0 Å². The molecule has 48 heavy (non-hydrogen) atoms. The molecule has 2 heterocycles. The first kappa shape index (κ1) is 39.2. The molecule has 4 rings (SSSR count). The second kappa shape index (κ2) is 20.9. The van der Waals surface area contributed by atoms with Gasteiger partial charge in [0.15, 0.2) is 11.6 Å². The number of unbranched alkanes of at least 4 members (excludes halogenated alkanes) is 12. The fourth-order valence-corrected chi connectivity index (χ4v) is 8.39. The van der Waals surface area contributed by atoms with Gasteiger partial charge in [-0.25, -0.2) is 0 Å². The van der Waals surface area contributed by atoms with Crippen molar-refractivity contribution >= 4 is 8.25 Å². The van der Waals surface area contributed by atoms with E-state index in [-0.39, 0.29) is 24.9 Å². The summed E-state index contributed by atoms with van der Waals surface area (Å²) in [6, 6.07) is 17.3. The topological polar surface area (TPSA) is 100 Å². The van der Waals surface area contributed by atoms with Crippen LogP contribution in [0.1, 0.15) is 126 Å². The largest absolute Gasteiger partial charge is 0.364 e. The Bertz CT molecular complexity index is 1100. The maximum absolute atomic E-state index is 13.2. The number of aryl methyl sites for hydroxylation is 2. The van der Waals surface area contributed by atoms with E-state index < -0.39 is 19.8 Å². The zero-order valence-electron chi connectivity index (χ0n) is 29.9. The fourth-order valence-electron chi connectivity index (χ4n) is 7.30. The molecule has 4 unspecified atom stereocenters. The van der Waals surface area contributed by atoms with E-state index in [1.807, 2.05) is 0 Å². The van der Waals surface area contributed by atoms with E-state index in [1.54, 1.807) is 0 Å². The number of benzene rings is 2. The summed E-state index contributed by atoms with van der Waals surface area (Å²) >= 11 is 0. The smallest absolute Gasteiger partial charge is 0.324 e. The van der Waals surface area contributed by atoms with Crippen molar-refractivity contribution in [1.82, 2.24) is 10.6 Å². The lowest BCUT2D eigenvalue weighted by Gasteiger charge is -2.32. The molecule has 0 radical (unpaired) electrons. The first-order chi connectivity index (χ1) is 23.3. The van der Waals surface area contributed by atoms with Crippen LogP contribution in [0.15, 0.2) is 48.5 Å². The summed E-state index contributed by atoms with van der Waals surface area (Å²) in [7, 11) is -3.20. The van der Waals surface area contributed by atoms with Gasteiger partial charge in [-0.15, -0.1) is 0 Å². The normalized spacial score (nSPS) is 24.8. The molecule has 0 saturated carbocycles. The third-order valence-corrected chi connectivity index (χ3v) is 11.5. The number of nitrogens with one attached hydrogen (secondary N) is 2. The molecule has 2 aliphatic rings. The minimum absolute atomic E-state index is 0.166. The van der Waals surface area contributed by atoms with Crippen LogP contribution in [0.2, 0.25) is 0 Å². The summed E-state index contributed by atoms with van der Waals surface area (Å²) < 4.78 is 24.7. The van der Waals surface area contributed by atoms with E-state index in [0.717, 1.165) is 24.0 Å². The maximum atomic E-state index is 13.2. The van der Waals surface area contributed by atoms with Crippen LogP contribution < -0.4 is 10.6 Å². The molecule has 4 N–H and O–H groups in total. The first-order valence-corrected chi connectivity index (χ1v) is 20.5. The third kappa shape index (κ3) is 13.0. The van der Waals surface area contributed by atoms with Gasteiger partial charge in [0.05, 0.1) is 13.1 Å². The molecule has 2 aromatic rings. The summed E-state index contributed by atoms with van der Waals surface area (Å²) in [6.07, 6.45) is 21.7. The molecule has 0 spiro atoms. The Kier molecular flexibility index (Phi) is 17.1. The summed E-state index contributed by atoms with van der Waals surface area (Å²) in [5.41, 5.74) is 4.91. The van der Waals surface area contributed by atoms with Gasteiger partial charge >= 0.3 is 8.25 Å². The van der Waals surface area contributed by atoms with Crippen LogP contribution in [0, 0.1) is 11.8 Å². The highest BCUT2D eigenvalue weighted by Gasteiger charge is 2.48.